The third-order valence-corrected chi connectivity index (χ3v) is 9.84. The number of aryl methyl sites for hydroxylation is 1. The highest BCUT2D eigenvalue weighted by Crippen LogP contribution is 2.51. The fourth-order valence-electron chi connectivity index (χ4n) is 8.00. The molecule has 2 fully saturated rings. The normalized spacial score (nSPS) is 23.3. The fraction of sp³-hybridized carbons (Fsp3) is 0.514. The highest BCUT2D eigenvalue weighted by atomic mass is 19.1. The molecule has 46 heavy (non-hydrogen) atoms. The number of aliphatic hydroxyl groups excluding tert-OH is 1. The van der Waals surface area contributed by atoms with Crippen molar-refractivity contribution in [2.75, 3.05) is 38.4 Å². The van der Waals surface area contributed by atoms with Crippen LogP contribution in [0.3, 0.4) is 0 Å². The number of aliphatic hydroxyl groups is 1. The van der Waals surface area contributed by atoms with Gasteiger partial charge in [0.05, 0.1) is 12.0 Å². The van der Waals surface area contributed by atoms with Crippen molar-refractivity contribution in [3.05, 3.63) is 47.7 Å². The summed E-state index contributed by atoms with van der Waals surface area (Å²) in [4.78, 5) is 17.3. The van der Waals surface area contributed by atoms with Gasteiger partial charge in [-0.15, -0.1) is 0 Å². The van der Waals surface area contributed by atoms with Crippen LogP contribution in [0.25, 0.3) is 32.9 Å². The maximum atomic E-state index is 16.8. The number of phenolic OH excluding ortho intramolecular Hbond substituents is 1. The number of ether oxygens (including phenoxy) is 1. The Kier molecular flexibility index (Phi) is 8.75. The highest BCUT2D eigenvalue weighted by Gasteiger charge is 2.54. The number of piperidine rings is 1. The minimum Gasteiger partial charge on any atom is -0.508 e. The fourth-order valence-corrected chi connectivity index (χ4v) is 8.00. The average Bonchev–Trinajstić information content (AvgIpc) is 3.44. The van der Waals surface area contributed by atoms with Gasteiger partial charge < -0.3 is 19.8 Å². The second kappa shape index (κ2) is 12.5. The second-order valence-electron chi connectivity index (χ2n) is 13.3. The Labute approximate surface area is 267 Å². The zero-order chi connectivity index (χ0) is 32.8. The van der Waals surface area contributed by atoms with Gasteiger partial charge in [-0.25, -0.2) is 13.2 Å². The van der Waals surface area contributed by atoms with Gasteiger partial charge in [0, 0.05) is 36.3 Å². The molecule has 6 rings (SSSR count). The molecule has 8 nitrogen and oxygen atoms in total. The summed E-state index contributed by atoms with van der Waals surface area (Å²) in [6, 6.07) is 5.84. The number of benzene rings is 2. The SMILES string of the molecule is CCCCN(CO)c1nc(OCC23CCCC2N(C)CC(C)(F)C3)nc2c(F)c(-c3cc(O)cc4ccc(F)c(CC)c34)ncc12. The molecule has 0 bridgehead atoms. The van der Waals surface area contributed by atoms with Gasteiger partial charge in [-0.05, 0) is 80.6 Å². The van der Waals surface area contributed by atoms with Crippen LogP contribution in [0.2, 0.25) is 0 Å². The topological polar surface area (TPSA) is 94.8 Å². The molecule has 0 amide bonds. The van der Waals surface area contributed by atoms with Gasteiger partial charge in [-0.2, -0.15) is 9.97 Å². The van der Waals surface area contributed by atoms with Gasteiger partial charge in [0.25, 0.3) is 0 Å². The lowest BCUT2D eigenvalue weighted by Gasteiger charge is -2.49. The number of aromatic hydroxyl groups is 1. The van der Waals surface area contributed by atoms with Crippen LogP contribution in [0.4, 0.5) is 19.0 Å². The molecule has 1 saturated carbocycles. The molecule has 3 unspecified atom stereocenters. The van der Waals surface area contributed by atoms with Gasteiger partial charge in [-0.1, -0.05) is 32.8 Å². The van der Waals surface area contributed by atoms with Crippen LogP contribution in [0.1, 0.15) is 64.9 Å². The number of hydrogen-bond donors (Lipinski definition) is 2. The molecule has 3 heterocycles. The number of nitrogens with zero attached hydrogens (tertiary/aromatic N) is 5. The number of phenols is 1. The number of aromatic nitrogens is 3. The Bertz CT molecular complexity index is 1770. The lowest BCUT2D eigenvalue weighted by atomic mass is 9.71. The minimum absolute atomic E-state index is 0.0802. The number of likely N-dealkylation sites (tertiary alicyclic amines) is 1. The lowest BCUT2D eigenvalue weighted by molar-refractivity contribution is -0.0648. The summed E-state index contributed by atoms with van der Waals surface area (Å²) in [6.45, 7) is 6.06. The van der Waals surface area contributed by atoms with Crippen LogP contribution in [-0.4, -0.2) is 75.3 Å². The number of unbranched alkanes of at least 4 members (excludes halogenated alkanes) is 1. The third-order valence-electron chi connectivity index (χ3n) is 9.84. The van der Waals surface area contributed by atoms with Crippen molar-refractivity contribution in [1.82, 2.24) is 19.9 Å². The first-order valence-corrected chi connectivity index (χ1v) is 16.2. The predicted octanol–water partition coefficient (Wildman–Crippen LogP) is 6.93. The minimum atomic E-state index is -1.38. The van der Waals surface area contributed by atoms with Crippen molar-refractivity contribution >= 4 is 27.5 Å². The van der Waals surface area contributed by atoms with E-state index in [9.17, 15) is 14.6 Å². The first-order chi connectivity index (χ1) is 22.0. The predicted molar refractivity (Wildman–Crippen MR) is 173 cm³/mol. The van der Waals surface area contributed by atoms with Crippen LogP contribution in [0, 0.1) is 17.0 Å². The van der Waals surface area contributed by atoms with Crippen molar-refractivity contribution in [2.24, 2.45) is 5.41 Å². The number of rotatable bonds is 10. The van der Waals surface area contributed by atoms with E-state index < -0.39 is 22.7 Å². The molecule has 2 N–H and O–H groups in total. The quantitative estimate of drug-likeness (QED) is 0.181. The maximum absolute atomic E-state index is 16.8. The summed E-state index contributed by atoms with van der Waals surface area (Å²) in [7, 11) is 1.95. The van der Waals surface area contributed by atoms with E-state index >= 15 is 8.78 Å². The molecule has 0 radical (unpaired) electrons. The Morgan fingerprint density at radius 3 is 2.72 bits per heavy atom. The maximum Gasteiger partial charge on any atom is 0.319 e. The molecule has 3 atom stereocenters. The van der Waals surface area contributed by atoms with Crippen LogP contribution in [0.15, 0.2) is 30.5 Å². The van der Waals surface area contributed by atoms with Gasteiger partial charge in [0.15, 0.2) is 5.82 Å². The number of anilines is 1. The number of pyridine rings is 1. The van der Waals surface area contributed by atoms with E-state index in [0.717, 1.165) is 32.1 Å². The van der Waals surface area contributed by atoms with Crippen LogP contribution in [-0.2, 0) is 6.42 Å². The van der Waals surface area contributed by atoms with E-state index in [-0.39, 0.29) is 59.1 Å². The first kappa shape index (κ1) is 32.2. The molecule has 2 aromatic carbocycles. The van der Waals surface area contributed by atoms with Crippen molar-refractivity contribution < 1.29 is 28.1 Å². The van der Waals surface area contributed by atoms with E-state index in [2.05, 4.69) is 19.9 Å². The molecule has 11 heteroatoms. The molecule has 1 saturated heterocycles. The molecule has 2 aromatic heterocycles. The van der Waals surface area contributed by atoms with Gasteiger partial charge in [-0.3, -0.25) is 9.88 Å². The summed E-state index contributed by atoms with van der Waals surface area (Å²) in [6.07, 6.45) is 6.44. The van der Waals surface area contributed by atoms with E-state index in [1.165, 1.54) is 24.4 Å². The largest absolute Gasteiger partial charge is 0.508 e. The monoisotopic (exact) mass is 637 g/mol. The molecule has 2 aliphatic rings. The smallest absolute Gasteiger partial charge is 0.319 e. The molecule has 1 aliphatic carbocycles. The van der Waals surface area contributed by atoms with Crippen LogP contribution in [0.5, 0.6) is 11.8 Å². The van der Waals surface area contributed by atoms with Crippen molar-refractivity contribution in [3.63, 3.8) is 0 Å². The number of hydrogen-bond acceptors (Lipinski definition) is 8. The molecule has 246 valence electrons. The second-order valence-corrected chi connectivity index (χ2v) is 13.3. The molecule has 1 aliphatic heterocycles. The Balaban J connectivity index is 1.50. The van der Waals surface area contributed by atoms with Gasteiger partial charge >= 0.3 is 6.01 Å². The summed E-state index contributed by atoms with van der Waals surface area (Å²) in [5, 5.41) is 22.2. The average molecular weight is 638 g/mol. The number of halogens is 3. The summed E-state index contributed by atoms with van der Waals surface area (Å²) < 4.78 is 53.5. The molecular weight excluding hydrogens is 595 g/mol. The zero-order valence-electron chi connectivity index (χ0n) is 26.9. The standard InChI is InChI=1S/C35H42F3N5O3/c1-5-7-13-43(20-44)32-25-16-39-30(24-15-22(45)14-21-10-11-26(36)23(6-2)28(21)24)29(37)31(25)40-33(41-32)46-19-35-12-8-9-27(35)42(4)18-34(3,38)17-35/h10-11,14-16,27,44-45H,5-9,12-13,17-20H2,1-4H3. The molecular formula is C35H42F3N5O3. The van der Waals surface area contributed by atoms with E-state index in [0.29, 0.717) is 42.3 Å². The number of alkyl halides is 1. The Morgan fingerprint density at radius 2 is 1.98 bits per heavy atom. The van der Waals surface area contributed by atoms with Gasteiger partial charge in [0.1, 0.15) is 41.0 Å². The summed E-state index contributed by atoms with van der Waals surface area (Å²) in [5.74, 6) is -1.06. The summed E-state index contributed by atoms with van der Waals surface area (Å²) in [5.41, 5.74) is -1.40. The third kappa shape index (κ3) is 5.72. The van der Waals surface area contributed by atoms with Crippen molar-refractivity contribution in [1.29, 1.82) is 0 Å². The summed E-state index contributed by atoms with van der Waals surface area (Å²) >= 11 is 0. The van der Waals surface area contributed by atoms with Crippen molar-refractivity contribution in [2.45, 2.75) is 77.4 Å². The van der Waals surface area contributed by atoms with Crippen LogP contribution >= 0.6 is 0 Å². The van der Waals surface area contributed by atoms with E-state index in [4.69, 9.17) is 4.74 Å². The van der Waals surface area contributed by atoms with Gasteiger partial charge in [0.2, 0.25) is 0 Å². The number of fused-ring (bicyclic) bond motifs is 3. The van der Waals surface area contributed by atoms with Crippen LogP contribution < -0.4 is 9.64 Å². The molecule has 4 aromatic rings. The first-order valence-electron chi connectivity index (χ1n) is 16.2. The van der Waals surface area contributed by atoms with Crippen molar-refractivity contribution in [3.8, 4) is 23.0 Å². The van der Waals surface area contributed by atoms with E-state index in [1.54, 1.807) is 17.9 Å². The molecule has 0 spiro atoms. The van der Waals surface area contributed by atoms with E-state index in [1.807, 2.05) is 20.9 Å². The highest BCUT2D eigenvalue weighted by molar-refractivity contribution is 6.01. The Hall–Kier alpha value is -3.70. The lowest BCUT2D eigenvalue weighted by Crippen LogP contribution is -2.58. The Morgan fingerprint density at radius 1 is 1.17 bits per heavy atom. The zero-order valence-corrected chi connectivity index (χ0v) is 26.9.